The first-order valence-electron chi connectivity index (χ1n) is 7.18. The maximum Gasteiger partial charge on any atom is 0.345 e. The lowest BCUT2D eigenvalue weighted by atomic mass is 10.1. The van der Waals surface area contributed by atoms with E-state index < -0.39 is 45.8 Å². The van der Waals surface area contributed by atoms with Crippen molar-refractivity contribution in [2.45, 2.75) is 6.92 Å². The molecule has 0 spiro atoms. The van der Waals surface area contributed by atoms with Gasteiger partial charge in [0.1, 0.15) is 16.9 Å². The molecule has 136 valence electrons. The van der Waals surface area contributed by atoms with Crippen LogP contribution in [-0.2, 0) is 11.8 Å². The monoisotopic (exact) mass is 362 g/mol. The predicted molar refractivity (Wildman–Crippen MR) is 89.2 cm³/mol. The number of ether oxygens (including phenoxy) is 1. The van der Waals surface area contributed by atoms with E-state index in [0.717, 1.165) is 10.6 Å². The molecule has 0 saturated carbocycles. The molecule has 0 radical (unpaired) electrons. The molecule has 0 bridgehead atoms. The van der Waals surface area contributed by atoms with Crippen LogP contribution < -0.4 is 17.0 Å². The van der Waals surface area contributed by atoms with Gasteiger partial charge >= 0.3 is 11.7 Å². The minimum Gasteiger partial charge on any atom is -0.453 e. The van der Waals surface area contributed by atoms with Crippen LogP contribution in [0.5, 0.6) is 0 Å². The number of ketones is 1. The molecule has 0 fully saturated rings. The third-order valence-electron chi connectivity index (χ3n) is 3.63. The normalized spacial score (nSPS) is 10.4. The number of benzene rings is 1. The van der Waals surface area contributed by atoms with E-state index >= 15 is 0 Å². The zero-order valence-corrected chi connectivity index (χ0v) is 13.8. The molecule has 2 rings (SSSR count). The lowest BCUT2D eigenvalue weighted by Crippen LogP contribution is -2.35. The van der Waals surface area contributed by atoms with Crippen LogP contribution in [0.4, 0.5) is 11.5 Å². The van der Waals surface area contributed by atoms with Crippen LogP contribution in [0.3, 0.4) is 0 Å². The van der Waals surface area contributed by atoms with Crippen molar-refractivity contribution in [3.05, 3.63) is 65.8 Å². The van der Waals surface area contributed by atoms with E-state index in [1.165, 1.54) is 26.1 Å². The Morgan fingerprint density at radius 1 is 1.31 bits per heavy atom. The second-order valence-electron chi connectivity index (χ2n) is 5.30. The number of carbonyl (C=O) groups excluding carboxylic acids is 2. The van der Waals surface area contributed by atoms with Gasteiger partial charge in [0.15, 0.2) is 6.61 Å². The highest BCUT2D eigenvalue weighted by molar-refractivity contribution is 6.03. The Bertz CT molecular complexity index is 1040. The number of nitrogens with two attached hydrogens (primary N) is 1. The van der Waals surface area contributed by atoms with Crippen molar-refractivity contribution in [2.75, 3.05) is 12.3 Å². The fourth-order valence-corrected chi connectivity index (χ4v) is 2.25. The zero-order chi connectivity index (χ0) is 19.6. The number of nitrogen functional groups attached to an aromatic ring is 1. The highest BCUT2D eigenvalue weighted by Gasteiger charge is 2.25. The third kappa shape index (κ3) is 3.36. The number of aromatic amines is 1. The number of nitro benzene ring substituents is 1. The Kier molecular flexibility index (Phi) is 5.01. The second-order valence-corrected chi connectivity index (χ2v) is 5.30. The first-order chi connectivity index (χ1) is 12.1. The van der Waals surface area contributed by atoms with Gasteiger partial charge in [0.2, 0.25) is 5.78 Å². The fraction of sp³-hybridized carbons (Fsp3) is 0.200. The molecule has 0 amide bonds. The van der Waals surface area contributed by atoms with Crippen LogP contribution in [0.25, 0.3) is 0 Å². The van der Waals surface area contributed by atoms with E-state index in [-0.39, 0.29) is 16.9 Å². The molecular formula is C15H14N4O7. The Morgan fingerprint density at radius 3 is 2.58 bits per heavy atom. The minimum absolute atomic E-state index is 0.288. The standard InChI is InChI=1S/C15H14N4O7/c1-7-4-3-5-8(19(24)25)10(7)14(22)26-6-9(20)11-12(16)18(2)15(23)17-13(11)21/h3-5H,6,16H2,1-2H3,(H,17,21,23). The molecule has 26 heavy (non-hydrogen) atoms. The predicted octanol–water partition coefficient (Wildman–Crippen LogP) is -0.0879. The second kappa shape index (κ2) is 7.01. The van der Waals surface area contributed by atoms with E-state index in [9.17, 15) is 29.3 Å². The van der Waals surface area contributed by atoms with Gasteiger partial charge in [-0.2, -0.15) is 0 Å². The Balaban J connectivity index is 2.29. The van der Waals surface area contributed by atoms with Crippen molar-refractivity contribution >= 4 is 23.3 Å². The number of nitrogens with zero attached hydrogens (tertiary/aromatic N) is 2. The zero-order valence-electron chi connectivity index (χ0n) is 13.8. The first kappa shape index (κ1) is 18.6. The van der Waals surface area contributed by atoms with E-state index in [1.807, 2.05) is 4.98 Å². The van der Waals surface area contributed by atoms with Crippen LogP contribution in [0.15, 0.2) is 27.8 Å². The summed E-state index contributed by atoms with van der Waals surface area (Å²) < 4.78 is 5.66. The molecule has 0 aliphatic heterocycles. The first-order valence-corrected chi connectivity index (χ1v) is 7.18. The summed E-state index contributed by atoms with van der Waals surface area (Å²) in [4.78, 5) is 59.7. The van der Waals surface area contributed by atoms with Gasteiger partial charge in [0.25, 0.3) is 11.2 Å². The smallest absolute Gasteiger partial charge is 0.345 e. The van der Waals surface area contributed by atoms with Gasteiger partial charge in [-0.3, -0.25) is 29.3 Å². The average molecular weight is 362 g/mol. The van der Waals surface area contributed by atoms with Crippen molar-refractivity contribution in [1.29, 1.82) is 0 Å². The number of Topliss-reactive ketones (excluding diaryl/α,β-unsaturated/α-hetero) is 1. The molecule has 0 aliphatic carbocycles. The molecule has 0 saturated heterocycles. The van der Waals surface area contributed by atoms with Gasteiger partial charge in [-0.15, -0.1) is 0 Å². The molecule has 1 aromatic heterocycles. The molecule has 1 heterocycles. The molecule has 11 heteroatoms. The topological polar surface area (TPSA) is 167 Å². The van der Waals surface area contributed by atoms with Crippen LogP contribution in [0.1, 0.15) is 26.3 Å². The minimum atomic E-state index is -1.09. The number of carbonyl (C=O) groups is 2. The van der Waals surface area contributed by atoms with E-state index in [4.69, 9.17) is 10.5 Å². The number of nitrogens with one attached hydrogen (secondary N) is 1. The summed E-state index contributed by atoms with van der Waals surface area (Å²) in [6, 6.07) is 4.00. The van der Waals surface area contributed by atoms with Crippen molar-refractivity contribution in [3.8, 4) is 0 Å². The Labute approximate surface area is 145 Å². The maximum atomic E-state index is 12.2. The quantitative estimate of drug-likeness (QED) is 0.322. The van der Waals surface area contributed by atoms with Gasteiger partial charge in [-0.05, 0) is 12.5 Å². The Hall–Kier alpha value is -3.76. The summed E-state index contributed by atoms with van der Waals surface area (Å²) in [5, 5.41) is 11.0. The summed E-state index contributed by atoms with van der Waals surface area (Å²) in [6.07, 6.45) is 0. The highest BCUT2D eigenvalue weighted by Crippen LogP contribution is 2.22. The molecular weight excluding hydrogens is 348 g/mol. The van der Waals surface area contributed by atoms with Crippen LogP contribution >= 0.6 is 0 Å². The number of hydrogen-bond acceptors (Lipinski definition) is 8. The largest absolute Gasteiger partial charge is 0.453 e. The number of anilines is 1. The van der Waals surface area contributed by atoms with Crippen LogP contribution in [0.2, 0.25) is 0 Å². The summed E-state index contributed by atoms with van der Waals surface area (Å²) in [7, 11) is 1.24. The van der Waals surface area contributed by atoms with E-state index in [0.29, 0.717) is 0 Å². The molecule has 0 atom stereocenters. The molecule has 2 aromatic rings. The molecule has 3 N–H and O–H groups in total. The van der Waals surface area contributed by atoms with Gasteiger partial charge in [-0.25, -0.2) is 9.59 Å². The summed E-state index contributed by atoms with van der Waals surface area (Å²) >= 11 is 0. The number of nitro groups is 1. The average Bonchev–Trinajstić information content (AvgIpc) is 2.57. The lowest BCUT2D eigenvalue weighted by Gasteiger charge is -2.09. The van der Waals surface area contributed by atoms with E-state index in [1.54, 1.807) is 0 Å². The lowest BCUT2D eigenvalue weighted by molar-refractivity contribution is -0.385. The number of hydrogen-bond donors (Lipinski definition) is 2. The fourth-order valence-electron chi connectivity index (χ4n) is 2.25. The number of rotatable bonds is 5. The van der Waals surface area contributed by atoms with Crippen molar-refractivity contribution in [1.82, 2.24) is 9.55 Å². The molecule has 11 nitrogen and oxygen atoms in total. The summed E-state index contributed by atoms with van der Waals surface area (Å²) in [5.74, 6) is -2.44. The van der Waals surface area contributed by atoms with Gasteiger partial charge in [-0.1, -0.05) is 12.1 Å². The van der Waals surface area contributed by atoms with Gasteiger partial charge in [0, 0.05) is 13.1 Å². The summed E-state index contributed by atoms with van der Waals surface area (Å²) in [6.45, 7) is 0.594. The van der Waals surface area contributed by atoms with E-state index in [2.05, 4.69) is 0 Å². The van der Waals surface area contributed by atoms with Crippen molar-refractivity contribution < 1.29 is 19.2 Å². The molecule has 0 unspecified atom stereocenters. The molecule has 1 aromatic carbocycles. The molecule has 0 aliphatic rings. The SMILES string of the molecule is Cc1cccc([N+](=O)[O-])c1C(=O)OCC(=O)c1c(N)n(C)c(=O)[nH]c1=O. The van der Waals surface area contributed by atoms with Crippen molar-refractivity contribution in [3.63, 3.8) is 0 Å². The Morgan fingerprint density at radius 2 is 1.96 bits per heavy atom. The maximum absolute atomic E-state index is 12.2. The van der Waals surface area contributed by atoms with Crippen LogP contribution in [0, 0.1) is 17.0 Å². The number of esters is 1. The number of aromatic nitrogens is 2. The van der Waals surface area contributed by atoms with Gasteiger partial charge in [0.05, 0.1) is 4.92 Å². The van der Waals surface area contributed by atoms with Crippen LogP contribution in [-0.4, -0.2) is 32.8 Å². The van der Waals surface area contributed by atoms with Gasteiger partial charge < -0.3 is 10.5 Å². The summed E-state index contributed by atoms with van der Waals surface area (Å²) in [5.41, 5.74) is 2.73. The number of aryl methyl sites for hydroxylation is 1. The van der Waals surface area contributed by atoms with Crippen molar-refractivity contribution in [2.24, 2.45) is 7.05 Å². The number of H-pyrrole nitrogens is 1. The third-order valence-corrected chi connectivity index (χ3v) is 3.63. The highest BCUT2D eigenvalue weighted by atomic mass is 16.6.